The number of nitrogens with zero attached hydrogens (tertiary/aromatic N) is 1. The molecule has 2 rings (SSSR count). The van der Waals surface area contributed by atoms with Gasteiger partial charge in [-0.05, 0) is 36.3 Å². The molecule has 1 amide bonds. The van der Waals surface area contributed by atoms with Gasteiger partial charge in [0.05, 0.1) is 11.7 Å². The highest BCUT2D eigenvalue weighted by Gasteiger charge is 2.13. The van der Waals surface area contributed by atoms with Crippen LogP contribution in [0.3, 0.4) is 0 Å². The lowest BCUT2D eigenvalue weighted by Gasteiger charge is -2.11. The summed E-state index contributed by atoms with van der Waals surface area (Å²) in [4.78, 5) is 27.4. The smallest absolute Gasteiger partial charge is 0.252 e. The van der Waals surface area contributed by atoms with E-state index in [2.05, 4.69) is 10.3 Å². The van der Waals surface area contributed by atoms with Crippen LogP contribution in [0.15, 0.2) is 48.7 Å². The van der Waals surface area contributed by atoms with E-state index in [4.69, 9.17) is 0 Å². The standard InChI is InChI=1S/C18H18N2O2.ClH/c1-2-15(13-21)20-18(22)17-9-4-3-7-14(17)10-11-16-8-5-6-12-19-16;/h3-13,15H,2H2,1H3,(H,20,22);1H. The maximum Gasteiger partial charge on any atom is 0.252 e. The molecule has 1 unspecified atom stereocenters. The fraction of sp³-hybridized carbons (Fsp3) is 0.167. The molecule has 1 heterocycles. The average molecular weight is 331 g/mol. The van der Waals surface area contributed by atoms with Gasteiger partial charge in [0.2, 0.25) is 0 Å². The number of rotatable bonds is 6. The van der Waals surface area contributed by atoms with Crippen molar-refractivity contribution in [2.45, 2.75) is 19.4 Å². The second-order valence-corrected chi connectivity index (χ2v) is 4.80. The van der Waals surface area contributed by atoms with Crippen LogP contribution in [0.1, 0.15) is 35.0 Å². The summed E-state index contributed by atoms with van der Waals surface area (Å²) < 4.78 is 0. The molecule has 0 radical (unpaired) electrons. The van der Waals surface area contributed by atoms with E-state index in [9.17, 15) is 9.59 Å². The molecule has 120 valence electrons. The molecule has 1 atom stereocenters. The summed E-state index contributed by atoms with van der Waals surface area (Å²) in [6, 6.07) is 12.4. The van der Waals surface area contributed by atoms with Crippen molar-refractivity contribution < 1.29 is 9.59 Å². The van der Waals surface area contributed by atoms with Gasteiger partial charge < -0.3 is 10.1 Å². The first-order valence-corrected chi connectivity index (χ1v) is 7.19. The molecule has 0 saturated carbocycles. The van der Waals surface area contributed by atoms with Crippen LogP contribution in [0.5, 0.6) is 0 Å². The highest BCUT2D eigenvalue weighted by atomic mass is 35.5. The molecule has 0 saturated heterocycles. The largest absolute Gasteiger partial charge is 0.343 e. The summed E-state index contributed by atoms with van der Waals surface area (Å²) in [6.07, 6.45) is 6.74. The Morgan fingerprint density at radius 1 is 1.17 bits per heavy atom. The number of hydrogen-bond donors (Lipinski definition) is 1. The molecule has 0 aliphatic carbocycles. The minimum absolute atomic E-state index is 0. The second kappa shape index (κ2) is 9.54. The average Bonchev–Trinajstić information content (AvgIpc) is 2.58. The monoisotopic (exact) mass is 330 g/mol. The Hall–Kier alpha value is -2.46. The Labute approximate surface area is 142 Å². The Balaban J connectivity index is 0.00000264. The molecule has 1 N–H and O–H groups in total. The summed E-state index contributed by atoms with van der Waals surface area (Å²) in [7, 11) is 0. The quantitative estimate of drug-likeness (QED) is 0.826. The van der Waals surface area contributed by atoms with E-state index < -0.39 is 6.04 Å². The van der Waals surface area contributed by atoms with Gasteiger partial charge in [-0.25, -0.2) is 0 Å². The number of halogens is 1. The van der Waals surface area contributed by atoms with Crippen molar-refractivity contribution in [3.8, 4) is 0 Å². The minimum atomic E-state index is -0.458. The maximum atomic E-state index is 12.3. The first-order valence-electron chi connectivity index (χ1n) is 7.19. The number of carbonyl (C=O) groups excluding carboxylic acids is 2. The van der Waals surface area contributed by atoms with Crippen molar-refractivity contribution in [1.29, 1.82) is 0 Å². The molecular weight excluding hydrogens is 312 g/mol. The van der Waals surface area contributed by atoms with E-state index in [0.717, 1.165) is 17.5 Å². The van der Waals surface area contributed by atoms with Crippen LogP contribution in [0.2, 0.25) is 0 Å². The van der Waals surface area contributed by atoms with Gasteiger partial charge in [0.25, 0.3) is 5.91 Å². The normalized spacial score (nSPS) is 11.5. The fourth-order valence-electron chi connectivity index (χ4n) is 1.98. The van der Waals surface area contributed by atoms with Crippen LogP contribution in [0.25, 0.3) is 12.2 Å². The Kier molecular flexibility index (Phi) is 7.71. The van der Waals surface area contributed by atoms with Gasteiger partial charge in [0.15, 0.2) is 0 Å². The predicted octanol–water partition coefficient (Wildman–Crippen LogP) is 3.38. The lowest BCUT2D eigenvalue weighted by Crippen LogP contribution is -2.35. The molecule has 0 fully saturated rings. The van der Waals surface area contributed by atoms with E-state index in [-0.39, 0.29) is 18.3 Å². The van der Waals surface area contributed by atoms with E-state index >= 15 is 0 Å². The first kappa shape index (κ1) is 18.6. The third-order valence-electron chi connectivity index (χ3n) is 3.25. The minimum Gasteiger partial charge on any atom is -0.343 e. The van der Waals surface area contributed by atoms with Crippen LogP contribution in [-0.2, 0) is 4.79 Å². The molecule has 1 aromatic heterocycles. The lowest BCUT2D eigenvalue weighted by atomic mass is 10.1. The van der Waals surface area contributed by atoms with Gasteiger partial charge in [-0.3, -0.25) is 9.78 Å². The van der Waals surface area contributed by atoms with Crippen LogP contribution >= 0.6 is 12.4 Å². The lowest BCUT2D eigenvalue weighted by molar-refractivity contribution is -0.109. The third-order valence-corrected chi connectivity index (χ3v) is 3.25. The van der Waals surface area contributed by atoms with Gasteiger partial charge >= 0.3 is 0 Å². The molecule has 2 aromatic rings. The summed E-state index contributed by atoms with van der Waals surface area (Å²) >= 11 is 0. The Morgan fingerprint density at radius 2 is 1.91 bits per heavy atom. The summed E-state index contributed by atoms with van der Waals surface area (Å²) in [5, 5.41) is 2.71. The molecule has 23 heavy (non-hydrogen) atoms. The van der Waals surface area contributed by atoms with E-state index in [1.54, 1.807) is 18.3 Å². The molecule has 0 aliphatic rings. The van der Waals surface area contributed by atoms with E-state index in [1.807, 2.05) is 49.4 Å². The van der Waals surface area contributed by atoms with Crippen molar-refractivity contribution in [2.24, 2.45) is 0 Å². The van der Waals surface area contributed by atoms with Gasteiger partial charge in [0.1, 0.15) is 6.29 Å². The third kappa shape index (κ3) is 5.34. The zero-order valence-electron chi connectivity index (χ0n) is 12.8. The van der Waals surface area contributed by atoms with Crippen molar-refractivity contribution in [3.05, 3.63) is 65.5 Å². The fourth-order valence-corrected chi connectivity index (χ4v) is 1.98. The highest BCUT2D eigenvalue weighted by Crippen LogP contribution is 2.13. The van der Waals surface area contributed by atoms with E-state index in [1.165, 1.54) is 0 Å². The number of carbonyl (C=O) groups is 2. The van der Waals surface area contributed by atoms with Crippen LogP contribution < -0.4 is 5.32 Å². The number of hydrogen-bond acceptors (Lipinski definition) is 3. The Bertz CT molecular complexity index is 672. The van der Waals surface area contributed by atoms with Gasteiger partial charge in [-0.2, -0.15) is 0 Å². The molecule has 4 nitrogen and oxygen atoms in total. The van der Waals surface area contributed by atoms with Crippen molar-refractivity contribution in [2.75, 3.05) is 0 Å². The molecule has 0 bridgehead atoms. The number of pyridine rings is 1. The topological polar surface area (TPSA) is 59.1 Å². The van der Waals surface area contributed by atoms with Gasteiger partial charge in [-0.1, -0.05) is 37.3 Å². The number of amides is 1. The molecule has 1 aromatic carbocycles. The highest BCUT2D eigenvalue weighted by molar-refractivity contribution is 5.99. The number of benzene rings is 1. The van der Waals surface area contributed by atoms with Gasteiger partial charge in [0, 0.05) is 11.8 Å². The van der Waals surface area contributed by atoms with Crippen molar-refractivity contribution in [3.63, 3.8) is 0 Å². The Morgan fingerprint density at radius 3 is 2.57 bits per heavy atom. The summed E-state index contributed by atoms with van der Waals surface area (Å²) in [5.41, 5.74) is 2.14. The van der Waals surface area contributed by atoms with Crippen LogP contribution in [0, 0.1) is 0 Å². The van der Waals surface area contributed by atoms with Crippen LogP contribution in [0.4, 0.5) is 0 Å². The summed E-state index contributed by atoms with van der Waals surface area (Å²) in [6.45, 7) is 1.85. The SMILES string of the molecule is CCC(C=O)NC(=O)c1ccccc1C=Cc1ccccn1.Cl. The molecule has 0 spiro atoms. The second-order valence-electron chi connectivity index (χ2n) is 4.80. The van der Waals surface area contributed by atoms with E-state index in [0.29, 0.717) is 12.0 Å². The summed E-state index contributed by atoms with van der Waals surface area (Å²) in [5.74, 6) is -0.250. The zero-order valence-corrected chi connectivity index (χ0v) is 13.6. The predicted molar refractivity (Wildman–Crippen MR) is 94.5 cm³/mol. The van der Waals surface area contributed by atoms with Gasteiger partial charge in [-0.15, -0.1) is 12.4 Å². The maximum absolute atomic E-state index is 12.3. The number of aldehydes is 1. The molecular formula is C18H19ClN2O2. The number of aromatic nitrogens is 1. The number of nitrogens with one attached hydrogen (secondary N) is 1. The van der Waals surface area contributed by atoms with Crippen LogP contribution in [-0.4, -0.2) is 23.2 Å². The zero-order chi connectivity index (χ0) is 15.8. The first-order chi connectivity index (χ1) is 10.7. The van der Waals surface area contributed by atoms with Crippen molar-refractivity contribution in [1.82, 2.24) is 10.3 Å². The molecule has 5 heteroatoms. The molecule has 0 aliphatic heterocycles. The van der Waals surface area contributed by atoms with Crippen molar-refractivity contribution >= 4 is 36.8 Å².